The zero-order valence-corrected chi connectivity index (χ0v) is 29.4. The second kappa shape index (κ2) is 19.5. The molecule has 0 spiro atoms. The van der Waals surface area contributed by atoms with Gasteiger partial charge in [-0.3, -0.25) is 23.9 Å². The van der Waals surface area contributed by atoms with E-state index in [1.807, 2.05) is 49.1 Å². The Morgan fingerprint density at radius 1 is 1.04 bits per heavy atom. The Morgan fingerprint density at radius 3 is 2.39 bits per heavy atom. The molecule has 4 atom stereocenters. The van der Waals surface area contributed by atoms with Gasteiger partial charge in [0.05, 0.1) is 12.1 Å². The first-order valence-electron chi connectivity index (χ1n) is 16.1. The van der Waals surface area contributed by atoms with Gasteiger partial charge in [-0.2, -0.15) is 0 Å². The minimum Gasteiger partial charge on any atom is -0.777 e. The summed E-state index contributed by atoms with van der Waals surface area (Å²) in [6.45, 7) is 6.00. The largest absolute Gasteiger partial charge is 0.777 e. The minimum atomic E-state index is -5.53. The fourth-order valence-corrected chi connectivity index (χ4v) is 7.55. The van der Waals surface area contributed by atoms with Gasteiger partial charge in [-0.1, -0.05) is 44.2 Å². The van der Waals surface area contributed by atoms with E-state index in [9.17, 15) is 38.2 Å². The van der Waals surface area contributed by atoms with Crippen molar-refractivity contribution in [1.29, 1.82) is 0 Å². The predicted molar refractivity (Wildman–Crippen MR) is 178 cm³/mol. The van der Waals surface area contributed by atoms with Crippen LogP contribution in [0, 0.1) is 11.8 Å². The van der Waals surface area contributed by atoms with Gasteiger partial charge in [-0.15, -0.1) is 0 Å². The third-order valence-electron chi connectivity index (χ3n) is 7.74. The summed E-state index contributed by atoms with van der Waals surface area (Å²) in [7, 11) is -11.6. The monoisotopic (exact) mass is 724 g/mol. The van der Waals surface area contributed by atoms with E-state index in [1.165, 1.54) is 18.6 Å². The highest BCUT2D eigenvalue weighted by Crippen LogP contribution is 2.55. The Labute approximate surface area is 286 Å². The lowest BCUT2D eigenvalue weighted by atomic mass is 9.73. The number of carbonyl (C=O) groups is 3. The molecule has 270 valence electrons. The number of benzene rings is 1. The first-order chi connectivity index (χ1) is 23.1. The van der Waals surface area contributed by atoms with Gasteiger partial charge in [0, 0.05) is 57.5 Å². The summed E-state index contributed by atoms with van der Waals surface area (Å²) in [5.41, 5.74) is -1.61. The lowest BCUT2D eigenvalue weighted by molar-refractivity contribution is -0.195. The average Bonchev–Trinajstić information content (AvgIpc) is 3.15. The van der Waals surface area contributed by atoms with Gasteiger partial charge < -0.3 is 49.0 Å². The molecule has 0 radical (unpaired) electrons. The molecule has 2 heterocycles. The summed E-state index contributed by atoms with van der Waals surface area (Å²) in [4.78, 5) is 88.0. The normalized spacial score (nSPS) is 17.9. The Kier molecular flexibility index (Phi) is 16.2. The van der Waals surface area contributed by atoms with Gasteiger partial charge in [0.15, 0.2) is 18.9 Å². The standard InChI is InChI=1S/C30H46BN5O11P2/c1-22(2)18-27(34-29(39)24(19-23-8-4-3-5-9-23)20-26(37)25-21-32-11-12-33-25)31-46-16-7-14-36(15-17-47-31)13-6-10-28(38)35-30(48(40,41)42)49(43,44)45/h3-5,8-9,11-12,21-22,24,27,30H,6-7,10,13-20H2,1-2H3,(H,34,39)(H,35,38)(H2,40,41,42)(H2,43,44,45)/p-1/t24-,27+/m0/s1. The smallest absolute Gasteiger partial charge is 0.480 e. The Morgan fingerprint density at radius 2 is 1.76 bits per heavy atom. The molecule has 2 aromatic rings. The van der Waals surface area contributed by atoms with Gasteiger partial charge in [-0.05, 0) is 43.7 Å². The lowest BCUT2D eigenvalue weighted by Gasteiger charge is -2.28. The van der Waals surface area contributed by atoms with E-state index in [2.05, 4.69) is 15.3 Å². The molecule has 49 heavy (non-hydrogen) atoms. The summed E-state index contributed by atoms with van der Waals surface area (Å²) in [5, 5.41) is 4.81. The molecule has 1 aromatic heterocycles. The number of Topliss-reactive ketones (excluding diaryl/α,β-unsaturated/α-hetero) is 1. The van der Waals surface area contributed by atoms with Gasteiger partial charge in [-0.25, -0.2) is 4.98 Å². The third kappa shape index (κ3) is 14.5. The number of rotatable bonds is 17. The van der Waals surface area contributed by atoms with Crippen LogP contribution in [0.2, 0.25) is 0 Å². The van der Waals surface area contributed by atoms with Gasteiger partial charge in [0.2, 0.25) is 11.8 Å². The maximum Gasteiger partial charge on any atom is 0.480 e. The van der Waals surface area contributed by atoms with E-state index in [1.54, 1.807) is 5.32 Å². The zero-order valence-electron chi connectivity index (χ0n) is 27.6. The number of hydrogen-bond acceptors (Lipinski definition) is 11. The maximum absolute atomic E-state index is 13.8. The van der Waals surface area contributed by atoms with Crippen molar-refractivity contribution in [2.24, 2.45) is 11.8 Å². The van der Waals surface area contributed by atoms with E-state index in [0.29, 0.717) is 45.5 Å². The molecule has 1 saturated heterocycles. The third-order valence-corrected chi connectivity index (χ3v) is 11.0. The SMILES string of the molecule is CC(C)C[C@@H](NC(=O)[C@H](CC(=O)c1cnccn1)Cc1ccccc1)B1OCCCN(CCCC(=O)NC(P(=O)([O-])O)P(=O)(O)O)CCO1. The summed E-state index contributed by atoms with van der Waals surface area (Å²) >= 11 is 0. The molecule has 0 bridgehead atoms. The highest BCUT2D eigenvalue weighted by Gasteiger charge is 2.38. The first kappa shape index (κ1) is 40.6. The van der Waals surface area contributed by atoms with Crippen LogP contribution in [0.3, 0.4) is 0 Å². The lowest BCUT2D eigenvalue weighted by Crippen LogP contribution is -2.52. The van der Waals surface area contributed by atoms with Crippen LogP contribution in [-0.4, -0.2) is 98.6 Å². The van der Waals surface area contributed by atoms with Crippen LogP contribution < -0.4 is 15.5 Å². The van der Waals surface area contributed by atoms with Gasteiger partial charge in [0.25, 0.3) is 0 Å². The molecule has 2 unspecified atom stereocenters. The van der Waals surface area contributed by atoms with E-state index < -0.39 is 45.6 Å². The number of hydrogen-bond donors (Lipinski definition) is 5. The topological polar surface area (TPSA) is 241 Å². The maximum atomic E-state index is 13.8. The second-order valence-electron chi connectivity index (χ2n) is 12.4. The Hall–Kier alpha value is -2.85. The molecular formula is C30H45BN5O11P2-. The van der Waals surface area contributed by atoms with Crippen LogP contribution >= 0.6 is 15.2 Å². The molecule has 1 aliphatic rings. The molecule has 5 N–H and O–H groups in total. The van der Waals surface area contributed by atoms with Crippen molar-refractivity contribution in [3.63, 3.8) is 0 Å². The molecule has 19 heteroatoms. The average molecular weight is 724 g/mol. The number of amides is 2. The summed E-state index contributed by atoms with van der Waals surface area (Å²) in [6, 6.07) is 9.43. The van der Waals surface area contributed by atoms with Crippen LogP contribution in [0.4, 0.5) is 0 Å². The van der Waals surface area contributed by atoms with Crippen molar-refractivity contribution < 1.29 is 52.4 Å². The Balaban J connectivity index is 1.61. The fourth-order valence-electron chi connectivity index (χ4n) is 5.41. The molecule has 1 fully saturated rings. The van der Waals surface area contributed by atoms with Crippen molar-refractivity contribution in [3.05, 3.63) is 60.2 Å². The number of carbonyl (C=O) groups excluding carboxylic acids is 3. The molecule has 16 nitrogen and oxygen atoms in total. The van der Waals surface area contributed by atoms with Crippen LogP contribution in [0.15, 0.2) is 48.9 Å². The summed E-state index contributed by atoms with van der Waals surface area (Å²) in [6.07, 6.45) is 5.70. The number of aromatic nitrogens is 2. The van der Waals surface area contributed by atoms with Crippen molar-refractivity contribution in [2.45, 2.75) is 63.8 Å². The van der Waals surface area contributed by atoms with Crippen LogP contribution in [0.25, 0.3) is 0 Å². The van der Waals surface area contributed by atoms with Crippen molar-refractivity contribution in [3.8, 4) is 0 Å². The van der Waals surface area contributed by atoms with E-state index in [0.717, 1.165) is 5.56 Å². The molecular weight excluding hydrogens is 679 g/mol. The molecule has 0 saturated carbocycles. The van der Waals surface area contributed by atoms with Gasteiger partial charge in [0.1, 0.15) is 5.69 Å². The zero-order chi connectivity index (χ0) is 36.0. The predicted octanol–water partition coefficient (Wildman–Crippen LogP) is 1.11. The van der Waals surface area contributed by atoms with Crippen LogP contribution in [-0.2, 0) is 34.4 Å². The van der Waals surface area contributed by atoms with Crippen molar-refractivity contribution in [2.75, 3.05) is 32.8 Å². The fraction of sp³-hybridized carbons (Fsp3) is 0.567. The molecule has 1 aliphatic heterocycles. The summed E-state index contributed by atoms with van der Waals surface area (Å²) < 4.78 is 35.0. The molecule has 3 rings (SSSR count). The van der Waals surface area contributed by atoms with Gasteiger partial charge >= 0.3 is 14.7 Å². The number of nitrogens with zero attached hydrogens (tertiary/aromatic N) is 3. The van der Waals surface area contributed by atoms with Crippen LogP contribution in [0.5, 0.6) is 0 Å². The van der Waals surface area contributed by atoms with E-state index in [-0.39, 0.29) is 49.2 Å². The highest BCUT2D eigenvalue weighted by atomic mass is 31.2. The highest BCUT2D eigenvalue weighted by molar-refractivity contribution is 7.70. The van der Waals surface area contributed by atoms with Crippen molar-refractivity contribution >= 4 is 39.9 Å². The second-order valence-corrected chi connectivity index (χ2v) is 16.1. The number of ketones is 1. The Bertz CT molecular complexity index is 1430. The summed E-state index contributed by atoms with van der Waals surface area (Å²) in [5.74, 6) is -2.57. The van der Waals surface area contributed by atoms with Crippen molar-refractivity contribution in [1.82, 2.24) is 25.5 Å². The van der Waals surface area contributed by atoms with E-state index in [4.69, 9.17) is 14.2 Å². The minimum absolute atomic E-state index is 0.0661. The number of nitrogens with one attached hydrogen (secondary N) is 2. The quantitative estimate of drug-likeness (QED) is 0.0873. The van der Waals surface area contributed by atoms with E-state index >= 15 is 0 Å². The van der Waals surface area contributed by atoms with Crippen LogP contribution in [0.1, 0.15) is 62.0 Å². The molecule has 0 aliphatic carbocycles. The first-order valence-corrected chi connectivity index (χ1v) is 19.4. The molecule has 1 aromatic carbocycles. The molecule has 2 amide bonds.